The summed E-state index contributed by atoms with van der Waals surface area (Å²) in [5, 5.41) is 18.7. The molecule has 5 nitrogen and oxygen atoms in total. The van der Waals surface area contributed by atoms with Crippen LogP contribution in [0.15, 0.2) is 24.5 Å². The first-order chi connectivity index (χ1) is 9.47. The Morgan fingerprint density at radius 2 is 2.00 bits per heavy atom. The Hall–Kier alpha value is -1.43. The van der Waals surface area contributed by atoms with Gasteiger partial charge in [-0.2, -0.15) is 0 Å². The maximum absolute atomic E-state index is 9.36. The predicted octanol–water partition coefficient (Wildman–Crippen LogP) is 1.07. The fourth-order valence-corrected chi connectivity index (χ4v) is 2.39. The summed E-state index contributed by atoms with van der Waals surface area (Å²) < 4.78 is 2.08. The Morgan fingerprint density at radius 3 is 2.65 bits per heavy atom. The van der Waals surface area contributed by atoms with Gasteiger partial charge >= 0.3 is 0 Å². The summed E-state index contributed by atoms with van der Waals surface area (Å²) in [5.74, 6) is 0. The fourth-order valence-electron chi connectivity index (χ4n) is 2.39. The summed E-state index contributed by atoms with van der Waals surface area (Å²) in [7, 11) is 1.98. The quantitative estimate of drug-likeness (QED) is 0.829. The summed E-state index contributed by atoms with van der Waals surface area (Å²) >= 11 is 0. The van der Waals surface area contributed by atoms with Crippen LogP contribution < -0.4 is 0 Å². The predicted molar refractivity (Wildman–Crippen MR) is 78.5 cm³/mol. The van der Waals surface area contributed by atoms with E-state index >= 15 is 0 Å². The summed E-state index contributed by atoms with van der Waals surface area (Å²) in [6, 6.07) is 4.05. The fraction of sp³-hybridized carbons (Fsp3) is 0.533. The molecule has 0 aromatic carbocycles. The van der Waals surface area contributed by atoms with E-state index < -0.39 is 5.41 Å². The van der Waals surface area contributed by atoms with Crippen LogP contribution in [-0.2, 0) is 6.54 Å². The zero-order chi connectivity index (χ0) is 14.8. The molecule has 0 fully saturated rings. The van der Waals surface area contributed by atoms with E-state index in [0.29, 0.717) is 6.54 Å². The number of aryl methyl sites for hydroxylation is 1. The highest BCUT2D eigenvalue weighted by molar-refractivity contribution is 5.41. The first-order valence-corrected chi connectivity index (χ1v) is 6.80. The molecule has 0 unspecified atom stereocenters. The molecule has 0 aliphatic carbocycles. The second kappa shape index (κ2) is 5.91. The van der Waals surface area contributed by atoms with Crippen molar-refractivity contribution in [2.75, 3.05) is 26.8 Å². The van der Waals surface area contributed by atoms with Crippen molar-refractivity contribution in [3.05, 3.63) is 35.8 Å². The average Bonchev–Trinajstić information content (AvgIpc) is 2.81. The number of hydrogen-bond acceptors (Lipinski definition) is 4. The lowest BCUT2D eigenvalue weighted by Gasteiger charge is -2.30. The lowest BCUT2D eigenvalue weighted by molar-refractivity contribution is 0.0398. The smallest absolute Gasteiger partial charge is 0.136 e. The number of nitrogens with zero attached hydrogens (tertiary/aromatic N) is 3. The van der Waals surface area contributed by atoms with Crippen LogP contribution in [0, 0.1) is 12.3 Å². The number of hydrogen-bond donors (Lipinski definition) is 2. The number of aliphatic hydroxyl groups excluding tert-OH is 2. The topological polar surface area (TPSA) is 61.0 Å². The molecule has 0 spiro atoms. The standard InChI is InChI=1S/C15H23N3O2/c1-12-4-5-14-16-6-13(18(14)7-12)8-17(3)9-15(2,10-19)11-20/h4-7,19-20H,8-11H2,1-3H3. The molecule has 2 heterocycles. The van der Waals surface area contributed by atoms with Gasteiger partial charge in [-0.05, 0) is 25.6 Å². The molecule has 2 N–H and O–H groups in total. The molecule has 110 valence electrons. The number of aliphatic hydroxyl groups is 2. The normalized spacial score (nSPS) is 12.5. The highest BCUT2D eigenvalue weighted by Gasteiger charge is 2.24. The molecule has 0 radical (unpaired) electrons. The van der Waals surface area contributed by atoms with E-state index in [4.69, 9.17) is 0 Å². The van der Waals surface area contributed by atoms with Crippen molar-refractivity contribution in [2.24, 2.45) is 5.41 Å². The highest BCUT2D eigenvalue weighted by Crippen LogP contribution is 2.17. The lowest BCUT2D eigenvalue weighted by Crippen LogP contribution is -2.38. The minimum Gasteiger partial charge on any atom is -0.396 e. The van der Waals surface area contributed by atoms with Crippen molar-refractivity contribution in [3.63, 3.8) is 0 Å². The van der Waals surface area contributed by atoms with Crippen LogP contribution in [0.5, 0.6) is 0 Å². The van der Waals surface area contributed by atoms with Crippen LogP contribution in [0.4, 0.5) is 0 Å². The van der Waals surface area contributed by atoms with Gasteiger partial charge in [0.05, 0.1) is 25.1 Å². The molecular formula is C15H23N3O2. The maximum atomic E-state index is 9.36. The van der Waals surface area contributed by atoms with Crippen LogP contribution in [0.25, 0.3) is 5.65 Å². The molecule has 0 bridgehead atoms. The van der Waals surface area contributed by atoms with Crippen molar-refractivity contribution >= 4 is 5.65 Å². The first kappa shape index (κ1) is 15.0. The minimum atomic E-state index is -0.481. The Bertz CT molecular complexity index is 576. The molecule has 0 aliphatic heterocycles. The van der Waals surface area contributed by atoms with Gasteiger partial charge in [0.1, 0.15) is 5.65 Å². The van der Waals surface area contributed by atoms with Gasteiger partial charge in [0.2, 0.25) is 0 Å². The van der Waals surface area contributed by atoms with Gasteiger partial charge in [-0.25, -0.2) is 4.98 Å². The molecule has 0 saturated heterocycles. The van der Waals surface area contributed by atoms with Crippen LogP contribution in [-0.4, -0.2) is 51.3 Å². The zero-order valence-corrected chi connectivity index (χ0v) is 12.4. The minimum absolute atomic E-state index is 0.0277. The van der Waals surface area contributed by atoms with E-state index in [1.807, 2.05) is 32.3 Å². The van der Waals surface area contributed by atoms with Crippen LogP contribution in [0.2, 0.25) is 0 Å². The molecule has 5 heteroatoms. The van der Waals surface area contributed by atoms with Gasteiger partial charge in [0, 0.05) is 24.7 Å². The number of aromatic nitrogens is 2. The van der Waals surface area contributed by atoms with E-state index in [0.717, 1.165) is 17.9 Å². The van der Waals surface area contributed by atoms with Gasteiger partial charge in [-0.3, -0.25) is 4.90 Å². The SMILES string of the molecule is Cc1ccc2ncc(CN(C)CC(C)(CO)CO)n2c1. The van der Waals surface area contributed by atoms with Crippen molar-refractivity contribution in [2.45, 2.75) is 20.4 Å². The average molecular weight is 277 g/mol. The summed E-state index contributed by atoms with van der Waals surface area (Å²) in [6.45, 7) is 5.23. The molecule has 0 atom stereocenters. The van der Waals surface area contributed by atoms with Crippen LogP contribution in [0.3, 0.4) is 0 Å². The van der Waals surface area contributed by atoms with Gasteiger partial charge < -0.3 is 14.6 Å². The largest absolute Gasteiger partial charge is 0.396 e. The van der Waals surface area contributed by atoms with Gasteiger partial charge in [-0.1, -0.05) is 13.0 Å². The number of fused-ring (bicyclic) bond motifs is 1. The molecule has 2 rings (SSSR count). The third-order valence-electron chi connectivity index (χ3n) is 3.58. The summed E-state index contributed by atoms with van der Waals surface area (Å²) in [6.07, 6.45) is 3.95. The second-order valence-electron chi connectivity index (χ2n) is 5.98. The number of rotatable bonds is 6. The Morgan fingerprint density at radius 1 is 1.30 bits per heavy atom. The van der Waals surface area contributed by atoms with Crippen molar-refractivity contribution in [3.8, 4) is 0 Å². The van der Waals surface area contributed by atoms with E-state index in [1.165, 1.54) is 5.56 Å². The van der Waals surface area contributed by atoms with E-state index in [2.05, 4.69) is 27.4 Å². The monoisotopic (exact) mass is 277 g/mol. The summed E-state index contributed by atoms with van der Waals surface area (Å²) in [4.78, 5) is 6.48. The van der Waals surface area contributed by atoms with Gasteiger partial charge in [0.25, 0.3) is 0 Å². The van der Waals surface area contributed by atoms with E-state index in [9.17, 15) is 10.2 Å². The lowest BCUT2D eigenvalue weighted by atomic mass is 9.92. The number of imidazole rings is 1. The zero-order valence-electron chi connectivity index (χ0n) is 12.4. The molecular weight excluding hydrogens is 254 g/mol. The molecule has 2 aromatic heterocycles. The van der Waals surface area contributed by atoms with Crippen LogP contribution >= 0.6 is 0 Å². The molecule has 0 saturated carbocycles. The molecule has 2 aromatic rings. The summed E-state index contributed by atoms with van der Waals surface area (Å²) in [5.41, 5.74) is 2.75. The Kier molecular flexibility index (Phi) is 4.42. The van der Waals surface area contributed by atoms with Crippen molar-refractivity contribution < 1.29 is 10.2 Å². The molecule has 0 amide bonds. The Balaban J connectivity index is 2.14. The van der Waals surface area contributed by atoms with E-state index in [-0.39, 0.29) is 13.2 Å². The van der Waals surface area contributed by atoms with Crippen LogP contribution in [0.1, 0.15) is 18.2 Å². The molecule has 0 aliphatic rings. The van der Waals surface area contributed by atoms with E-state index in [1.54, 1.807) is 0 Å². The maximum Gasteiger partial charge on any atom is 0.136 e. The third kappa shape index (κ3) is 3.17. The Labute approximate surface area is 119 Å². The second-order valence-corrected chi connectivity index (χ2v) is 5.98. The van der Waals surface area contributed by atoms with Crippen molar-refractivity contribution in [1.82, 2.24) is 14.3 Å². The van der Waals surface area contributed by atoms with Gasteiger partial charge in [-0.15, -0.1) is 0 Å². The third-order valence-corrected chi connectivity index (χ3v) is 3.58. The highest BCUT2D eigenvalue weighted by atomic mass is 16.3. The molecule has 20 heavy (non-hydrogen) atoms. The number of pyridine rings is 1. The van der Waals surface area contributed by atoms with Crippen molar-refractivity contribution in [1.29, 1.82) is 0 Å². The van der Waals surface area contributed by atoms with Gasteiger partial charge in [0.15, 0.2) is 0 Å². The first-order valence-electron chi connectivity index (χ1n) is 6.80.